The second-order valence-corrected chi connectivity index (χ2v) is 10.5. The summed E-state index contributed by atoms with van der Waals surface area (Å²) < 4.78 is 5.41. The Kier molecular flexibility index (Phi) is 7.20. The van der Waals surface area contributed by atoms with Crippen LogP contribution >= 0.6 is 23.4 Å². The molecular formula is C28H27ClN4O2S. The van der Waals surface area contributed by atoms with Crippen LogP contribution in [0, 0.1) is 0 Å². The number of methoxy groups -OCH3 is 1. The number of amides is 1. The molecule has 0 bridgehead atoms. The van der Waals surface area contributed by atoms with Crippen LogP contribution in [-0.2, 0) is 11.3 Å². The van der Waals surface area contributed by atoms with Gasteiger partial charge < -0.3 is 21.1 Å². The number of hydrogen-bond acceptors (Lipinski definition) is 6. The predicted octanol–water partition coefficient (Wildman–Crippen LogP) is 6.20. The van der Waals surface area contributed by atoms with Crippen LogP contribution in [0.4, 0.5) is 11.5 Å². The molecule has 1 aliphatic carbocycles. The summed E-state index contributed by atoms with van der Waals surface area (Å²) in [6, 6.07) is 20.6. The number of ether oxygens (including phenoxy) is 1. The average Bonchev–Trinajstić information content (AvgIpc) is 3.71. The van der Waals surface area contributed by atoms with Crippen LogP contribution in [-0.4, -0.2) is 23.3 Å². The minimum Gasteiger partial charge on any atom is -0.495 e. The number of anilines is 2. The fraction of sp³-hybridized carbons (Fsp3) is 0.214. The number of hydrogen-bond donors (Lipinski definition) is 3. The van der Waals surface area contributed by atoms with Crippen molar-refractivity contribution in [2.45, 2.75) is 35.6 Å². The maximum absolute atomic E-state index is 13.6. The topological polar surface area (TPSA) is 89.3 Å². The molecule has 3 aromatic carbocycles. The molecule has 1 aromatic heterocycles. The Morgan fingerprint density at radius 1 is 1.17 bits per heavy atom. The Morgan fingerprint density at radius 2 is 2.00 bits per heavy atom. The van der Waals surface area contributed by atoms with Crippen molar-refractivity contribution in [2.75, 3.05) is 18.2 Å². The normalized spacial score (nSPS) is 13.8. The molecule has 8 heteroatoms. The first-order valence-corrected chi connectivity index (χ1v) is 13.0. The van der Waals surface area contributed by atoms with Crippen molar-refractivity contribution in [3.8, 4) is 5.75 Å². The predicted molar refractivity (Wildman–Crippen MR) is 148 cm³/mol. The molecule has 4 aromatic rings. The molecule has 0 radical (unpaired) electrons. The highest BCUT2D eigenvalue weighted by Crippen LogP contribution is 2.40. The number of nitrogens with two attached hydrogens (primary N) is 1. The number of fused-ring (bicyclic) bond motifs is 1. The lowest BCUT2D eigenvalue weighted by molar-refractivity contribution is -0.122. The summed E-state index contributed by atoms with van der Waals surface area (Å²) in [7, 11) is 1.56. The van der Waals surface area contributed by atoms with Gasteiger partial charge in [0, 0.05) is 34.0 Å². The maximum Gasteiger partial charge on any atom is 0.247 e. The van der Waals surface area contributed by atoms with Gasteiger partial charge in [-0.3, -0.25) is 4.79 Å². The number of halogens is 1. The number of thioether (sulfide) groups is 1. The van der Waals surface area contributed by atoms with Gasteiger partial charge in [-0.1, -0.05) is 35.9 Å². The van der Waals surface area contributed by atoms with Crippen molar-refractivity contribution in [3.05, 3.63) is 89.1 Å². The van der Waals surface area contributed by atoms with Gasteiger partial charge in [-0.05, 0) is 71.8 Å². The molecule has 184 valence electrons. The molecule has 1 heterocycles. The van der Waals surface area contributed by atoms with Gasteiger partial charge in [-0.15, -0.1) is 11.8 Å². The number of rotatable bonds is 9. The molecule has 5 rings (SSSR count). The third kappa shape index (κ3) is 5.53. The zero-order valence-corrected chi connectivity index (χ0v) is 21.4. The summed E-state index contributed by atoms with van der Waals surface area (Å²) in [6.07, 6.45) is 4.18. The van der Waals surface area contributed by atoms with E-state index in [0.29, 0.717) is 28.4 Å². The van der Waals surface area contributed by atoms with Gasteiger partial charge in [0.15, 0.2) is 0 Å². The first-order valence-electron chi connectivity index (χ1n) is 11.8. The van der Waals surface area contributed by atoms with E-state index in [4.69, 9.17) is 22.1 Å². The van der Waals surface area contributed by atoms with Crippen LogP contribution in [0.25, 0.3) is 10.8 Å². The monoisotopic (exact) mass is 518 g/mol. The first-order chi connectivity index (χ1) is 17.5. The third-order valence-electron chi connectivity index (χ3n) is 6.12. The van der Waals surface area contributed by atoms with Crippen LogP contribution in [0.1, 0.15) is 30.0 Å². The molecule has 1 fully saturated rings. The number of carbonyl (C=O) groups is 1. The number of benzene rings is 3. The minimum absolute atomic E-state index is 0.153. The molecule has 6 nitrogen and oxygen atoms in total. The third-order valence-corrected chi connectivity index (χ3v) is 7.89. The molecule has 1 amide bonds. The number of aromatic nitrogens is 1. The number of nitrogens with one attached hydrogen (secondary N) is 2. The largest absolute Gasteiger partial charge is 0.495 e. The zero-order valence-electron chi connectivity index (χ0n) is 19.8. The zero-order chi connectivity index (χ0) is 25.1. The Balaban J connectivity index is 1.41. The van der Waals surface area contributed by atoms with Crippen molar-refractivity contribution in [3.63, 3.8) is 0 Å². The number of nitrogen functional groups attached to an aromatic ring is 1. The van der Waals surface area contributed by atoms with Gasteiger partial charge >= 0.3 is 0 Å². The SMILES string of the molecule is COc1cc(C(Nc2ccc3c(N)nccc3c2)C(=O)NCc2ccccc2SC2CC2)ccc1Cl. The smallest absolute Gasteiger partial charge is 0.247 e. The number of carbonyl (C=O) groups excluding carboxylic acids is 1. The Labute approximate surface area is 219 Å². The van der Waals surface area contributed by atoms with Crippen LogP contribution in [0.3, 0.4) is 0 Å². The summed E-state index contributed by atoms with van der Waals surface area (Å²) in [5.41, 5.74) is 8.65. The molecule has 1 aliphatic rings. The molecule has 36 heavy (non-hydrogen) atoms. The Hall–Kier alpha value is -3.42. The van der Waals surface area contributed by atoms with E-state index in [-0.39, 0.29) is 5.91 Å². The van der Waals surface area contributed by atoms with Crippen molar-refractivity contribution < 1.29 is 9.53 Å². The van der Waals surface area contributed by atoms with E-state index in [9.17, 15) is 4.79 Å². The van der Waals surface area contributed by atoms with Crippen molar-refractivity contribution >= 4 is 51.5 Å². The molecule has 1 saturated carbocycles. The summed E-state index contributed by atoms with van der Waals surface area (Å²) in [6.45, 7) is 0.442. The van der Waals surface area contributed by atoms with Crippen LogP contribution < -0.4 is 21.1 Å². The van der Waals surface area contributed by atoms with E-state index in [1.807, 2.05) is 54.2 Å². The Bertz CT molecular complexity index is 1410. The second kappa shape index (κ2) is 10.7. The van der Waals surface area contributed by atoms with E-state index in [2.05, 4.69) is 27.8 Å². The van der Waals surface area contributed by atoms with Gasteiger partial charge in [0.05, 0.1) is 12.1 Å². The first kappa shape index (κ1) is 24.3. The van der Waals surface area contributed by atoms with Crippen molar-refractivity contribution in [2.24, 2.45) is 0 Å². The highest BCUT2D eigenvalue weighted by Gasteiger charge is 2.25. The molecule has 1 atom stereocenters. The standard InChI is InChI=1S/C28H27ClN4O2S/c1-35-24-15-18(6-11-23(24)29)26(33-20-7-10-22-17(14-20)12-13-31-27(22)30)28(34)32-16-19-4-2-3-5-25(19)36-21-8-9-21/h2-7,10-15,21,26,33H,8-9,16H2,1H3,(H2,30,31)(H,32,34). The molecule has 4 N–H and O–H groups in total. The fourth-order valence-electron chi connectivity index (χ4n) is 4.03. The lowest BCUT2D eigenvalue weighted by Gasteiger charge is -2.22. The van der Waals surface area contributed by atoms with Crippen LogP contribution in [0.5, 0.6) is 5.75 Å². The van der Waals surface area contributed by atoms with E-state index < -0.39 is 6.04 Å². The number of pyridine rings is 1. The number of nitrogens with zero attached hydrogens (tertiary/aromatic N) is 1. The van der Waals surface area contributed by atoms with Gasteiger partial charge in [-0.25, -0.2) is 4.98 Å². The van der Waals surface area contributed by atoms with Gasteiger partial charge in [0.1, 0.15) is 17.6 Å². The van der Waals surface area contributed by atoms with Gasteiger partial charge in [-0.2, -0.15) is 0 Å². The van der Waals surface area contributed by atoms with E-state index in [1.165, 1.54) is 17.7 Å². The molecule has 0 spiro atoms. The average molecular weight is 519 g/mol. The van der Waals surface area contributed by atoms with Gasteiger partial charge in [0.25, 0.3) is 0 Å². The lowest BCUT2D eigenvalue weighted by Crippen LogP contribution is -2.33. The quantitative estimate of drug-likeness (QED) is 0.244. The fourth-order valence-corrected chi connectivity index (χ4v) is 5.40. The molecule has 1 unspecified atom stereocenters. The summed E-state index contributed by atoms with van der Waals surface area (Å²) in [5, 5.41) is 9.50. The van der Waals surface area contributed by atoms with E-state index >= 15 is 0 Å². The van der Waals surface area contributed by atoms with Crippen molar-refractivity contribution in [1.82, 2.24) is 10.3 Å². The summed E-state index contributed by atoms with van der Waals surface area (Å²) in [4.78, 5) is 19.0. The van der Waals surface area contributed by atoms with Crippen LogP contribution in [0.2, 0.25) is 5.02 Å². The molecule has 0 aliphatic heterocycles. The Morgan fingerprint density at radius 3 is 2.81 bits per heavy atom. The lowest BCUT2D eigenvalue weighted by atomic mass is 10.0. The van der Waals surface area contributed by atoms with Gasteiger partial charge in [0.2, 0.25) is 5.91 Å². The van der Waals surface area contributed by atoms with E-state index in [1.54, 1.807) is 25.4 Å². The minimum atomic E-state index is -0.670. The second-order valence-electron chi connectivity index (χ2n) is 8.75. The van der Waals surface area contributed by atoms with Crippen molar-refractivity contribution in [1.29, 1.82) is 0 Å². The summed E-state index contributed by atoms with van der Waals surface area (Å²) >= 11 is 8.15. The maximum atomic E-state index is 13.6. The highest BCUT2D eigenvalue weighted by molar-refractivity contribution is 8.00. The summed E-state index contributed by atoms with van der Waals surface area (Å²) in [5.74, 6) is 0.829. The molecular weight excluding hydrogens is 492 g/mol. The highest BCUT2D eigenvalue weighted by atomic mass is 35.5. The van der Waals surface area contributed by atoms with Crippen LogP contribution in [0.15, 0.2) is 77.8 Å². The van der Waals surface area contributed by atoms with E-state index in [0.717, 1.165) is 27.6 Å². The molecule has 0 saturated heterocycles.